The van der Waals surface area contributed by atoms with E-state index >= 15 is 0 Å². The normalized spacial score (nSPS) is 10.8. The summed E-state index contributed by atoms with van der Waals surface area (Å²) in [4.78, 5) is 17.3. The van der Waals surface area contributed by atoms with Gasteiger partial charge >= 0.3 is 0 Å². The van der Waals surface area contributed by atoms with E-state index in [0.29, 0.717) is 29.4 Å². The summed E-state index contributed by atoms with van der Waals surface area (Å²) in [5.74, 6) is 1.06. The number of halogens is 1. The van der Waals surface area contributed by atoms with Crippen molar-refractivity contribution >= 4 is 28.6 Å². The van der Waals surface area contributed by atoms with Crippen molar-refractivity contribution in [1.29, 1.82) is 0 Å². The average Bonchev–Trinajstić information content (AvgIpc) is 3.20. The molecule has 0 aliphatic carbocycles. The highest BCUT2D eigenvalue weighted by atomic mass is 32.2. The number of nitrogens with one attached hydrogen (secondary N) is 2. The average molecular weight is 451 g/mol. The minimum absolute atomic E-state index is 0.252. The van der Waals surface area contributed by atoms with Crippen LogP contribution in [-0.2, 0) is 0 Å². The van der Waals surface area contributed by atoms with Gasteiger partial charge in [-0.2, -0.15) is 0 Å². The quantitative estimate of drug-likeness (QED) is 0.274. The molecule has 0 unspecified atom stereocenters. The minimum Gasteiger partial charge on any atom is -0.496 e. The van der Waals surface area contributed by atoms with Crippen LogP contribution >= 0.6 is 11.8 Å². The van der Waals surface area contributed by atoms with E-state index in [0.717, 1.165) is 27.1 Å². The van der Waals surface area contributed by atoms with Gasteiger partial charge in [0.2, 0.25) is 0 Å². The Morgan fingerprint density at radius 2 is 1.66 bits per heavy atom. The van der Waals surface area contributed by atoms with E-state index < -0.39 is 0 Å². The van der Waals surface area contributed by atoms with Crippen LogP contribution in [0.3, 0.4) is 0 Å². The number of aromatic amines is 1. The van der Waals surface area contributed by atoms with Gasteiger partial charge in [-0.15, -0.1) is 11.8 Å². The number of benzene rings is 3. The molecule has 1 aromatic heterocycles. The summed E-state index contributed by atoms with van der Waals surface area (Å²) in [6, 6.07) is 19.7. The lowest BCUT2D eigenvalue weighted by Gasteiger charge is -2.13. The van der Waals surface area contributed by atoms with Crippen molar-refractivity contribution in [3.63, 3.8) is 0 Å². The molecule has 0 aliphatic heterocycles. The number of methoxy groups -OCH3 is 2. The molecule has 2 N–H and O–H groups in total. The third kappa shape index (κ3) is 4.43. The SMILES string of the molecule is COc1cccc(OC)c1C(=O)NCCSc1c(-c2ccc(F)cc2)[nH]c2ccccc12. The van der Waals surface area contributed by atoms with Crippen molar-refractivity contribution in [2.24, 2.45) is 0 Å². The van der Waals surface area contributed by atoms with Gasteiger partial charge in [0.05, 0.1) is 19.9 Å². The number of para-hydroxylation sites is 1. The standard InChI is InChI=1S/C25H23FN2O3S/c1-30-20-8-5-9-21(31-2)22(20)25(29)27-14-15-32-24-18-6-3-4-7-19(18)28-23(24)16-10-12-17(26)13-11-16/h3-13,28H,14-15H2,1-2H3,(H,27,29). The molecule has 4 aromatic rings. The van der Waals surface area contributed by atoms with Crippen molar-refractivity contribution in [2.45, 2.75) is 4.90 Å². The van der Waals surface area contributed by atoms with Crippen LogP contribution in [0, 0.1) is 5.82 Å². The number of amides is 1. The molecule has 0 aliphatic rings. The zero-order valence-corrected chi connectivity index (χ0v) is 18.6. The Kier molecular flexibility index (Phi) is 6.66. The maximum absolute atomic E-state index is 13.4. The maximum Gasteiger partial charge on any atom is 0.258 e. The van der Waals surface area contributed by atoms with Crippen LogP contribution in [0.15, 0.2) is 71.6 Å². The fourth-order valence-electron chi connectivity index (χ4n) is 3.57. The molecule has 0 radical (unpaired) electrons. The maximum atomic E-state index is 13.4. The second kappa shape index (κ2) is 9.78. The Hall–Kier alpha value is -3.45. The van der Waals surface area contributed by atoms with Gasteiger partial charge in [-0.3, -0.25) is 4.79 Å². The smallest absolute Gasteiger partial charge is 0.258 e. The molecule has 0 saturated carbocycles. The monoisotopic (exact) mass is 450 g/mol. The minimum atomic E-state index is -0.270. The third-order valence-electron chi connectivity index (χ3n) is 5.08. The summed E-state index contributed by atoms with van der Waals surface area (Å²) < 4.78 is 24.0. The fraction of sp³-hybridized carbons (Fsp3) is 0.160. The van der Waals surface area contributed by atoms with Gasteiger partial charge in [-0.1, -0.05) is 24.3 Å². The lowest BCUT2D eigenvalue weighted by atomic mass is 10.1. The summed E-state index contributed by atoms with van der Waals surface area (Å²) in [6.07, 6.45) is 0. The molecular formula is C25H23FN2O3S. The Morgan fingerprint density at radius 3 is 2.34 bits per heavy atom. The second-order valence-corrected chi connectivity index (χ2v) is 8.13. The molecule has 0 atom stereocenters. The number of thioether (sulfide) groups is 1. The number of fused-ring (bicyclic) bond motifs is 1. The summed E-state index contributed by atoms with van der Waals surface area (Å²) in [7, 11) is 3.05. The van der Waals surface area contributed by atoms with Crippen LogP contribution < -0.4 is 14.8 Å². The molecule has 0 bridgehead atoms. The van der Waals surface area contributed by atoms with Crippen LogP contribution in [0.1, 0.15) is 10.4 Å². The van der Waals surface area contributed by atoms with Crippen molar-refractivity contribution in [3.05, 3.63) is 78.1 Å². The first kappa shape index (κ1) is 21.8. The third-order valence-corrected chi connectivity index (χ3v) is 6.20. The molecule has 164 valence electrons. The molecule has 0 spiro atoms. The summed E-state index contributed by atoms with van der Waals surface area (Å²) >= 11 is 1.64. The molecule has 0 saturated heterocycles. The first-order chi connectivity index (χ1) is 15.6. The van der Waals surface area contributed by atoms with E-state index in [1.54, 1.807) is 42.1 Å². The highest BCUT2D eigenvalue weighted by Crippen LogP contribution is 2.37. The number of hydrogen-bond donors (Lipinski definition) is 2. The van der Waals surface area contributed by atoms with Crippen LogP contribution in [0.4, 0.5) is 4.39 Å². The number of rotatable bonds is 8. The largest absolute Gasteiger partial charge is 0.496 e. The first-order valence-corrected chi connectivity index (χ1v) is 11.1. The zero-order valence-electron chi connectivity index (χ0n) is 17.8. The van der Waals surface area contributed by atoms with E-state index in [1.165, 1.54) is 26.4 Å². The number of carbonyl (C=O) groups is 1. The van der Waals surface area contributed by atoms with Gasteiger partial charge in [0.1, 0.15) is 22.9 Å². The molecule has 5 nitrogen and oxygen atoms in total. The summed E-state index contributed by atoms with van der Waals surface area (Å²) in [5.41, 5.74) is 3.24. The van der Waals surface area contributed by atoms with Crippen LogP contribution in [0.2, 0.25) is 0 Å². The summed E-state index contributed by atoms with van der Waals surface area (Å²) in [5, 5.41) is 4.04. The van der Waals surface area contributed by atoms with Crippen molar-refractivity contribution in [3.8, 4) is 22.8 Å². The molecule has 32 heavy (non-hydrogen) atoms. The predicted molar refractivity (Wildman–Crippen MR) is 126 cm³/mol. The molecule has 1 heterocycles. The number of aromatic nitrogens is 1. The number of ether oxygens (including phenoxy) is 2. The molecular weight excluding hydrogens is 427 g/mol. The van der Waals surface area contributed by atoms with Crippen LogP contribution in [0.5, 0.6) is 11.5 Å². The highest BCUT2D eigenvalue weighted by molar-refractivity contribution is 7.99. The number of carbonyl (C=O) groups excluding carboxylic acids is 1. The van der Waals surface area contributed by atoms with E-state index in [9.17, 15) is 9.18 Å². The molecule has 4 rings (SSSR count). The highest BCUT2D eigenvalue weighted by Gasteiger charge is 2.18. The Bertz CT molecular complexity index is 1220. The van der Waals surface area contributed by atoms with Gasteiger partial charge in [0.25, 0.3) is 5.91 Å². The Balaban J connectivity index is 1.50. The topological polar surface area (TPSA) is 63.4 Å². The predicted octanol–water partition coefficient (Wildman–Crippen LogP) is 5.51. The Morgan fingerprint density at radius 1 is 0.969 bits per heavy atom. The molecule has 1 amide bonds. The van der Waals surface area contributed by atoms with Gasteiger partial charge in [-0.05, 0) is 48.0 Å². The van der Waals surface area contributed by atoms with Crippen LogP contribution in [0.25, 0.3) is 22.2 Å². The van der Waals surface area contributed by atoms with E-state index in [4.69, 9.17) is 9.47 Å². The molecule has 3 aromatic carbocycles. The number of H-pyrrole nitrogens is 1. The first-order valence-electron chi connectivity index (χ1n) is 10.1. The lowest BCUT2D eigenvalue weighted by Crippen LogP contribution is -2.26. The number of hydrogen-bond acceptors (Lipinski definition) is 4. The second-order valence-electron chi connectivity index (χ2n) is 7.02. The summed E-state index contributed by atoms with van der Waals surface area (Å²) in [6.45, 7) is 0.451. The Labute approximate surface area is 189 Å². The van der Waals surface area contributed by atoms with Gasteiger partial charge < -0.3 is 19.8 Å². The lowest BCUT2D eigenvalue weighted by molar-refractivity contribution is 0.0950. The molecule has 7 heteroatoms. The van der Waals surface area contributed by atoms with E-state index in [1.807, 2.05) is 18.2 Å². The van der Waals surface area contributed by atoms with Crippen molar-refractivity contribution in [1.82, 2.24) is 10.3 Å². The van der Waals surface area contributed by atoms with Crippen molar-refractivity contribution in [2.75, 3.05) is 26.5 Å². The van der Waals surface area contributed by atoms with E-state index in [-0.39, 0.29) is 11.7 Å². The fourth-order valence-corrected chi connectivity index (χ4v) is 4.62. The van der Waals surface area contributed by atoms with Gasteiger partial charge in [0, 0.05) is 28.1 Å². The van der Waals surface area contributed by atoms with Crippen LogP contribution in [-0.4, -0.2) is 37.4 Å². The van der Waals surface area contributed by atoms with E-state index in [2.05, 4.69) is 16.4 Å². The zero-order chi connectivity index (χ0) is 22.5. The van der Waals surface area contributed by atoms with Crippen molar-refractivity contribution < 1.29 is 18.7 Å². The van der Waals surface area contributed by atoms with Gasteiger partial charge in [-0.25, -0.2) is 4.39 Å². The van der Waals surface area contributed by atoms with Gasteiger partial charge in [0.15, 0.2) is 0 Å². The molecule has 0 fully saturated rings.